The summed E-state index contributed by atoms with van der Waals surface area (Å²) in [5.74, 6) is 0.181. The molecule has 1 aromatic carbocycles. The molecular weight excluding hydrogens is 400 g/mol. The maximum absolute atomic E-state index is 12.1. The Morgan fingerprint density at radius 3 is 2.71 bits per heavy atom. The first-order chi connectivity index (χ1) is 13.5. The number of benzene rings is 1. The van der Waals surface area contributed by atoms with E-state index in [2.05, 4.69) is 20.3 Å². The van der Waals surface area contributed by atoms with Crippen LogP contribution in [-0.2, 0) is 11.2 Å². The number of ether oxygens (including phenoxy) is 1. The number of thiazole rings is 1. The van der Waals surface area contributed by atoms with E-state index < -0.39 is 5.56 Å². The molecule has 10 heteroatoms. The van der Waals surface area contributed by atoms with Crippen LogP contribution in [0.15, 0.2) is 39.6 Å². The number of aromatic amines is 1. The van der Waals surface area contributed by atoms with Crippen molar-refractivity contribution in [1.29, 1.82) is 0 Å². The number of hydrogen-bond acceptors (Lipinski definition) is 8. The standard InChI is InChI=1S/C18H18N4O4S2/c1-3-12-15(24)21-18(22-16(12)25)28-9-14(23)20-17-19-13(8-27-17)10-4-6-11(26-2)7-5-10/h4-8H,3,9H2,1-2H3,(H,19,20,23)(H2,21,22,24,25). The largest absolute Gasteiger partial charge is 0.497 e. The molecule has 0 aliphatic heterocycles. The van der Waals surface area contributed by atoms with Gasteiger partial charge in [0.15, 0.2) is 10.3 Å². The molecule has 0 spiro atoms. The zero-order valence-electron chi connectivity index (χ0n) is 15.2. The summed E-state index contributed by atoms with van der Waals surface area (Å²) in [5.41, 5.74) is 1.49. The third-order valence-corrected chi connectivity index (χ3v) is 5.43. The molecule has 0 saturated carbocycles. The molecule has 0 fully saturated rings. The SMILES string of the molecule is CCc1c(O)nc(SCC(=O)Nc2nc(-c3ccc(OC)cc3)cs2)[nH]c1=O. The summed E-state index contributed by atoms with van der Waals surface area (Å²) in [5, 5.41) is 15.0. The van der Waals surface area contributed by atoms with Crippen molar-refractivity contribution >= 4 is 34.1 Å². The lowest BCUT2D eigenvalue weighted by molar-refractivity contribution is -0.113. The minimum Gasteiger partial charge on any atom is -0.497 e. The lowest BCUT2D eigenvalue weighted by atomic mass is 10.2. The van der Waals surface area contributed by atoms with Gasteiger partial charge in [0.1, 0.15) is 5.75 Å². The van der Waals surface area contributed by atoms with Gasteiger partial charge in [0.25, 0.3) is 5.56 Å². The molecule has 2 heterocycles. The van der Waals surface area contributed by atoms with E-state index in [-0.39, 0.29) is 28.3 Å². The molecule has 0 unspecified atom stereocenters. The number of nitrogens with zero attached hydrogens (tertiary/aromatic N) is 2. The van der Waals surface area contributed by atoms with E-state index in [0.717, 1.165) is 28.8 Å². The molecule has 0 aliphatic rings. The number of methoxy groups -OCH3 is 1. The number of H-pyrrole nitrogens is 1. The minimum absolute atomic E-state index is 0.0191. The molecule has 146 valence electrons. The van der Waals surface area contributed by atoms with Crippen molar-refractivity contribution in [3.05, 3.63) is 45.6 Å². The Balaban J connectivity index is 1.59. The number of carbonyl (C=O) groups is 1. The van der Waals surface area contributed by atoms with E-state index in [1.165, 1.54) is 11.3 Å². The van der Waals surface area contributed by atoms with Crippen molar-refractivity contribution in [3.63, 3.8) is 0 Å². The fourth-order valence-corrected chi connectivity index (χ4v) is 3.76. The molecule has 3 aromatic rings. The average molecular weight is 419 g/mol. The summed E-state index contributed by atoms with van der Waals surface area (Å²) >= 11 is 2.34. The molecule has 0 aliphatic carbocycles. The van der Waals surface area contributed by atoms with Crippen LogP contribution in [0.2, 0.25) is 0 Å². The van der Waals surface area contributed by atoms with Crippen LogP contribution in [0, 0.1) is 0 Å². The third kappa shape index (κ3) is 4.70. The first-order valence-electron chi connectivity index (χ1n) is 8.35. The van der Waals surface area contributed by atoms with E-state index in [1.807, 2.05) is 29.6 Å². The minimum atomic E-state index is -0.401. The molecular formula is C18H18N4O4S2. The maximum Gasteiger partial charge on any atom is 0.258 e. The van der Waals surface area contributed by atoms with Crippen LogP contribution in [0.25, 0.3) is 11.3 Å². The molecule has 3 rings (SSSR count). The molecule has 3 N–H and O–H groups in total. The maximum atomic E-state index is 12.1. The number of rotatable bonds is 7. The normalized spacial score (nSPS) is 10.6. The number of anilines is 1. The number of amides is 1. The summed E-state index contributed by atoms with van der Waals surface area (Å²) in [6, 6.07) is 7.47. The summed E-state index contributed by atoms with van der Waals surface area (Å²) in [6.45, 7) is 1.75. The van der Waals surface area contributed by atoms with Crippen molar-refractivity contribution in [2.75, 3.05) is 18.2 Å². The van der Waals surface area contributed by atoms with E-state index in [9.17, 15) is 14.7 Å². The molecule has 1 amide bonds. The monoisotopic (exact) mass is 418 g/mol. The van der Waals surface area contributed by atoms with Gasteiger partial charge in [-0.25, -0.2) is 4.98 Å². The van der Waals surface area contributed by atoms with Crippen LogP contribution >= 0.6 is 23.1 Å². The fraction of sp³-hybridized carbons (Fsp3) is 0.222. The lowest BCUT2D eigenvalue weighted by Gasteiger charge is -2.04. The van der Waals surface area contributed by atoms with Gasteiger partial charge in [0, 0.05) is 10.9 Å². The number of aromatic nitrogens is 3. The second kappa shape index (κ2) is 8.89. The molecule has 2 aromatic heterocycles. The van der Waals surface area contributed by atoms with Crippen molar-refractivity contribution in [2.24, 2.45) is 0 Å². The molecule has 0 radical (unpaired) electrons. The van der Waals surface area contributed by atoms with Gasteiger partial charge < -0.3 is 20.1 Å². The van der Waals surface area contributed by atoms with E-state index in [4.69, 9.17) is 4.74 Å². The average Bonchev–Trinajstić information content (AvgIpc) is 3.14. The highest BCUT2D eigenvalue weighted by Crippen LogP contribution is 2.26. The second-order valence-corrected chi connectivity index (χ2v) is 7.45. The van der Waals surface area contributed by atoms with Crippen LogP contribution < -0.4 is 15.6 Å². The van der Waals surface area contributed by atoms with Gasteiger partial charge in [-0.2, -0.15) is 4.98 Å². The number of hydrogen-bond donors (Lipinski definition) is 3. The number of aromatic hydroxyl groups is 1. The number of thioether (sulfide) groups is 1. The number of carbonyl (C=O) groups excluding carboxylic acids is 1. The fourth-order valence-electron chi connectivity index (χ4n) is 2.37. The second-order valence-electron chi connectivity index (χ2n) is 5.63. The van der Waals surface area contributed by atoms with Crippen LogP contribution in [0.4, 0.5) is 5.13 Å². The molecule has 28 heavy (non-hydrogen) atoms. The molecule has 8 nitrogen and oxygen atoms in total. The summed E-state index contributed by atoms with van der Waals surface area (Å²) in [7, 11) is 1.61. The zero-order valence-corrected chi connectivity index (χ0v) is 16.8. The van der Waals surface area contributed by atoms with Crippen LogP contribution in [0.1, 0.15) is 12.5 Å². The van der Waals surface area contributed by atoms with Crippen LogP contribution in [0.3, 0.4) is 0 Å². The van der Waals surface area contributed by atoms with Gasteiger partial charge >= 0.3 is 0 Å². The predicted molar refractivity (Wildman–Crippen MR) is 109 cm³/mol. The smallest absolute Gasteiger partial charge is 0.258 e. The van der Waals surface area contributed by atoms with Gasteiger partial charge in [-0.1, -0.05) is 18.7 Å². The summed E-state index contributed by atoms with van der Waals surface area (Å²) in [4.78, 5) is 34.8. The third-order valence-electron chi connectivity index (χ3n) is 3.80. The Labute approximate surface area is 169 Å². The Hall–Kier alpha value is -2.85. The van der Waals surface area contributed by atoms with Crippen molar-refractivity contribution in [1.82, 2.24) is 15.0 Å². The van der Waals surface area contributed by atoms with Crippen LogP contribution in [-0.4, -0.2) is 38.8 Å². The van der Waals surface area contributed by atoms with E-state index >= 15 is 0 Å². The molecule has 0 atom stereocenters. The Bertz CT molecular complexity index is 1030. The lowest BCUT2D eigenvalue weighted by Crippen LogP contribution is -2.17. The van der Waals surface area contributed by atoms with Gasteiger partial charge in [-0.05, 0) is 30.7 Å². The Kier molecular flexibility index (Phi) is 6.32. The van der Waals surface area contributed by atoms with E-state index in [0.29, 0.717) is 11.6 Å². The van der Waals surface area contributed by atoms with Gasteiger partial charge in [0.05, 0.1) is 24.1 Å². The Morgan fingerprint density at radius 1 is 1.32 bits per heavy atom. The highest BCUT2D eigenvalue weighted by atomic mass is 32.2. The highest BCUT2D eigenvalue weighted by Gasteiger charge is 2.12. The zero-order chi connectivity index (χ0) is 20.1. The van der Waals surface area contributed by atoms with Crippen molar-refractivity contribution < 1.29 is 14.6 Å². The molecule has 0 bridgehead atoms. The quantitative estimate of drug-likeness (QED) is 0.399. The predicted octanol–water partition coefficient (Wildman–Crippen LogP) is 2.90. The summed E-state index contributed by atoms with van der Waals surface area (Å²) in [6.07, 6.45) is 0.375. The van der Waals surface area contributed by atoms with Crippen LogP contribution in [0.5, 0.6) is 11.6 Å². The first-order valence-corrected chi connectivity index (χ1v) is 10.2. The first kappa shape index (κ1) is 19.9. The van der Waals surface area contributed by atoms with Crippen molar-refractivity contribution in [3.8, 4) is 22.9 Å². The topological polar surface area (TPSA) is 117 Å². The highest BCUT2D eigenvalue weighted by molar-refractivity contribution is 7.99. The van der Waals surface area contributed by atoms with Crippen molar-refractivity contribution in [2.45, 2.75) is 18.5 Å². The van der Waals surface area contributed by atoms with Gasteiger partial charge in [0.2, 0.25) is 11.8 Å². The summed E-state index contributed by atoms with van der Waals surface area (Å²) < 4.78 is 5.13. The number of nitrogens with one attached hydrogen (secondary N) is 2. The molecule has 0 saturated heterocycles. The van der Waals surface area contributed by atoms with E-state index in [1.54, 1.807) is 14.0 Å². The Morgan fingerprint density at radius 2 is 2.07 bits per heavy atom. The van der Waals surface area contributed by atoms with Gasteiger partial charge in [-0.3, -0.25) is 9.59 Å². The van der Waals surface area contributed by atoms with Gasteiger partial charge in [-0.15, -0.1) is 11.3 Å².